The molecule has 6 nitrogen and oxygen atoms in total. The van der Waals surface area contributed by atoms with Gasteiger partial charge in [0.15, 0.2) is 0 Å². The van der Waals surface area contributed by atoms with E-state index in [9.17, 15) is 9.59 Å². The molecule has 0 atom stereocenters. The number of hydroxylamine groups is 2. The number of carboxylic acid groups (broad SMARTS) is 1. The standard InChI is InChI=1S/C10H11NO5/c1-15-11(16-2)9(12)7-3-5-8(6-4-7)10(13)14/h3-6H,1-2H3,(H,13,14). The number of carbonyl (C=O) groups is 2. The van der Waals surface area contributed by atoms with Crippen molar-refractivity contribution in [3.05, 3.63) is 35.4 Å². The third kappa shape index (κ3) is 2.56. The summed E-state index contributed by atoms with van der Waals surface area (Å²) in [6.45, 7) is 0. The van der Waals surface area contributed by atoms with Gasteiger partial charge in [0.1, 0.15) is 0 Å². The molecule has 16 heavy (non-hydrogen) atoms. The van der Waals surface area contributed by atoms with E-state index in [1.165, 1.54) is 38.5 Å². The highest BCUT2D eigenvalue weighted by atomic mass is 16.9. The molecule has 1 N–H and O–H groups in total. The lowest BCUT2D eigenvalue weighted by Crippen LogP contribution is -2.28. The molecule has 86 valence electrons. The van der Waals surface area contributed by atoms with Crippen molar-refractivity contribution in [1.82, 2.24) is 5.23 Å². The fourth-order valence-electron chi connectivity index (χ4n) is 1.10. The van der Waals surface area contributed by atoms with Gasteiger partial charge >= 0.3 is 11.9 Å². The second-order valence-corrected chi connectivity index (χ2v) is 2.81. The lowest BCUT2D eigenvalue weighted by Gasteiger charge is -2.15. The van der Waals surface area contributed by atoms with Crippen LogP contribution in [0.15, 0.2) is 24.3 Å². The van der Waals surface area contributed by atoms with Gasteiger partial charge in [-0.25, -0.2) is 14.5 Å². The normalized spacial score (nSPS) is 9.88. The lowest BCUT2D eigenvalue weighted by molar-refractivity contribution is -0.299. The zero-order valence-corrected chi connectivity index (χ0v) is 8.84. The van der Waals surface area contributed by atoms with Gasteiger partial charge in [-0.05, 0) is 24.3 Å². The number of carbonyl (C=O) groups excluding carboxylic acids is 1. The molecule has 1 aromatic rings. The molecule has 1 aromatic carbocycles. The fraction of sp³-hybridized carbons (Fsp3) is 0.200. The van der Waals surface area contributed by atoms with Gasteiger partial charge in [0, 0.05) is 5.56 Å². The van der Waals surface area contributed by atoms with E-state index in [1.807, 2.05) is 0 Å². The molecular formula is C10H11NO5. The Balaban J connectivity index is 2.89. The quantitative estimate of drug-likeness (QED) is 0.772. The minimum Gasteiger partial charge on any atom is -0.478 e. The smallest absolute Gasteiger partial charge is 0.335 e. The second kappa shape index (κ2) is 5.24. The van der Waals surface area contributed by atoms with Crippen LogP contribution in [0.25, 0.3) is 0 Å². The zero-order valence-electron chi connectivity index (χ0n) is 8.84. The fourth-order valence-corrected chi connectivity index (χ4v) is 1.10. The number of amides is 1. The maximum Gasteiger partial charge on any atom is 0.335 e. The van der Waals surface area contributed by atoms with E-state index in [4.69, 9.17) is 5.11 Å². The molecule has 0 aliphatic heterocycles. The summed E-state index contributed by atoms with van der Waals surface area (Å²) in [4.78, 5) is 31.5. The van der Waals surface area contributed by atoms with Gasteiger partial charge < -0.3 is 5.11 Å². The molecule has 0 radical (unpaired) electrons. The molecule has 6 heteroatoms. The summed E-state index contributed by atoms with van der Waals surface area (Å²) in [7, 11) is 2.57. The first-order valence-electron chi connectivity index (χ1n) is 4.36. The SMILES string of the molecule is CON(OC)C(=O)c1ccc(C(=O)O)cc1. The highest BCUT2D eigenvalue weighted by molar-refractivity contribution is 5.94. The van der Waals surface area contributed by atoms with Crippen LogP contribution in [-0.2, 0) is 9.68 Å². The van der Waals surface area contributed by atoms with E-state index < -0.39 is 11.9 Å². The summed E-state index contributed by atoms with van der Waals surface area (Å²) in [5.41, 5.74) is 0.381. The Bertz CT molecular complexity index is 383. The monoisotopic (exact) mass is 225 g/mol. The summed E-state index contributed by atoms with van der Waals surface area (Å²) in [5.74, 6) is -1.56. The maximum atomic E-state index is 11.6. The molecule has 0 aromatic heterocycles. The Kier molecular flexibility index (Phi) is 3.98. The second-order valence-electron chi connectivity index (χ2n) is 2.81. The third-order valence-electron chi connectivity index (χ3n) is 1.88. The van der Waals surface area contributed by atoms with E-state index >= 15 is 0 Å². The zero-order chi connectivity index (χ0) is 12.1. The van der Waals surface area contributed by atoms with Crippen LogP contribution in [-0.4, -0.2) is 36.4 Å². The van der Waals surface area contributed by atoms with Crippen molar-refractivity contribution in [3.63, 3.8) is 0 Å². The van der Waals surface area contributed by atoms with Gasteiger partial charge in [0.05, 0.1) is 19.8 Å². The predicted molar refractivity (Wildman–Crippen MR) is 53.6 cm³/mol. The molecular weight excluding hydrogens is 214 g/mol. The van der Waals surface area contributed by atoms with Crippen LogP contribution < -0.4 is 0 Å². The largest absolute Gasteiger partial charge is 0.478 e. The van der Waals surface area contributed by atoms with Gasteiger partial charge in [-0.1, -0.05) is 5.23 Å². The highest BCUT2D eigenvalue weighted by Crippen LogP contribution is 2.08. The minimum atomic E-state index is -1.05. The Morgan fingerprint density at radius 1 is 1.06 bits per heavy atom. The number of carboxylic acids is 1. The number of benzene rings is 1. The number of rotatable bonds is 4. The molecule has 0 heterocycles. The van der Waals surface area contributed by atoms with Crippen molar-refractivity contribution in [3.8, 4) is 0 Å². The molecule has 0 spiro atoms. The average Bonchev–Trinajstić information content (AvgIpc) is 2.30. The van der Waals surface area contributed by atoms with E-state index in [0.29, 0.717) is 5.23 Å². The Morgan fingerprint density at radius 2 is 1.50 bits per heavy atom. The predicted octanol–water partition coefficient (Wildman–Crippen LogP) is 0.950. The van der Waals surface area contributed by atoms with Crippen LogP contribution >= 0.6 is 0 Å². The van der Waals surface area contributed by atoms with Crippen molar-refractivity contribution in [2.45, 2.75) is 0 Å². The summed E-state index contributed by atoms with van der Waals surface area (Å²) in [6, 6.07) is 5.44. The van der Waals surface area contributed by atoms with Gasteiger partial charge in [0.25, 0.3) is 0 Å². The first-order valence-corrected chi connectivity index (χ1v) is 4.36. The van der Waals surface area contributed by atoms with Gasteiger partial charge in [0.2, 0.25) is 0 Å². The van der Waals surface area contributed by atoms with Crippen LogP contribution in [0.3, 0.4) is 0 Å². The average molecular weight is 225 g/mol. The molecule has 0 aliphatic carbocycles. The Morgan fingerprint density at radius 3 is 1.88 bits per heavy atom. The highest BCUT2D eigenvalue weighted by Gasteiger charge is 2.15. The van der Waals surface area contributed by atoms with Crippen LogP contribution in [0.4, 0.5) is 0 Å². The van der Waals surface area contributed by atoms with Gasteiger partial charge in [-0.3, -0.25) is 4.79 Å². The van der Waals surface area contributed by atoms with Crippen molar-refractivity contribution >= 4 is 11.9 Å². The summed E-state index contributed by atoms with van der Waals surface area (Å²) in [5, 5.41) is 9.36. The summed E-state index contributed by atoms with van der Waals surface area (Å²) in [6.07, 6.45) is 0. The van der Waals surface area contributed by atoms with Crippen molar-refractivity contribution in [2.75, 3.05) is 14.2 Å². The number of hydrogen-bond acceptors (Lipinski definition) is 4. The molecule has 0 aliphatic rings. The van der Waals surface area contributed by atoms with Crippen LogP contribution in [0.2, 0.25) is 0 Å². The van der Waals surface area contributed by atoms with Crippen molar-refractivity contribution < 1.29 is 24.4 Å². The van der Waals surface area contributed by atoms with Crippen LogP contribution in [0, 0.1) is 0 Å². The maximum absolute atomic E-state index is 11.6. The Labute approximate surface area is 91.9 Å². The third-order valence-corrected chi connectivity index (χ3v) is 1.88. The molecule has 0 saturated carbocycles. The summed E-state index contributed by atoms with van der Waals surface area (Å²) < 4.78 is 0. The summed E-state index contributed by atoms with van der Waals surface area (Å²) >= 11 is 0. The Hall–Kier alpha value is -1.92. The first-order chi connectivity index (χ1) is 7.60. The minimum absolute atomic E-state index is 0.109. The number of aromatic carboxylic acids is 1. The van der Waals surface area contributed by atoms with E-state index in [2.05, 4.69) is 9.68 Å². The van der Waals surface area contributed by atoms with Gasteiger partial charge in [-0.2, -0.15) is 0 Å². The van der Waals surface area contributed by atoms with Gasteiger partial charge in [-0.15, -0.1) is 0 Å². The first kappa shape index (κ1) is 12.2. The van der Waals surface area contributed by atoms with Crippen molar-refractivity contribution in [1.29, 1.82) is 0 Å². The molecule has 0 unspecified atom stereocenters. The van der Waals surface area contributed by atoms with Crippen LogP contribution in [0.1, 0.15) is 20.7 Å². The molecule has 0 saturated heterocycles. The molecule has 1 amide bonds. The molecule has 1 rings (SSSR count). The molecule has 0 fully saturated rings. The topological polar surface area (TPSA) is 76.1 Å². The van der Waals surface area contributed by atoms with Crippen molar-refractivity contribution in [2.24, 2.45) is 0 Å². The molecule has 0 bridgehead atoms. The number of nitrogens with zero attached hydrogens (tertiary/aromatic N) is 1. The van der Waals surface area contributed by atoms with E-state index in [-0.39, 0.29) is 11.1 Å². The number of hydrogen-bond donors (Lipinski definition) is 1. The van der Waals surface area contributed by atoms with Crippen LogP contribution in [0.5, 0.6) is 0 Å². The van der Waals surface area contributed by atoms with E-state index in [1.54, 1.807) is 0 Å². The van der Waals surface area contributed by atoms with E-state index in [0.717, 1.165) is 0 Å². The lowest BCUT2D eigenvalue weighted by atomic mass is 10.1.